The van der Waals surface area contributed by atoms with Gasteiger partial charge in [-0.1, -0.05) is 18.2 Å². The number of aryl methyl sites for hydroxylation is 1. The lowest BCUT2D eigenvalue weighted by Crippen LogP contribution is -2.29. The van der Waals surface area contributed by atoms with Crippen LogP contribution in [-0.4, -0.2) is 26.8 Å². The molecule has 37 heavy (non-hydrogen) atoms. The van der Waals surface area contributed by atoms with Crippen molar-refractivity contribution in [2.24, 2.45) is 7.05 Å². The Hall–Kier alpha value is -4.28. The molecule has 0 atom stereocenters. The molecule has 1 fully saturated rings. The fraction of sp³-hybridized carbons (Fsp3) is 0.192. The average molecular weight is 515 g/mol. The molecule has 6 nitrogen and oxygen atoms in total. The van der Waals surface area contributed by atoms with Gasteiger partial charge in [0.05, 0.1) is 28.3 Å². The Morgan fingerprint density at radius 2 is 1.76 bits per heavy atom. The molecule has 1 aliphatic rings. The first-order valence-corrected chi connectivity index (χ1v) is 11.1. The maximum absolute atomic E-state index is 15.3. The average Bonchev–Trinajstić information content (AvgIpc) is 3.55. The van der Waals surface area contributed by atoms with Gasteiger partial charge in [0, 0.05) is 29.2 Å². The van der Waals surface area contributed by atoms with Crippen molar-refractivity contribution in [2.75, 3.05) is 5.32 Å². The number of benzene rings is 3. The summed E-state index contributed by atoms with van der Waals surface area (Å²) < 4.78 is 70.1. The van der Waals surface area contributed by atoms with Crippen LogP contribution in [0.25, 0.3) is 22.0 Å². The van der Waals surface area contributed by atoms with E-state index in [0.29, 0.717) is 17.6 Å². The van der Waals surface area contributed by atoms with E-state index in [4.69, 9.17) is 0 Å². The van der Waals surface area contributed by atoms with E-state index in [0.717, 1.165) is 23.6 Å². The van der Waals surface area contributed by atoms with Crippen LogP contribution in [0, 0.1) is 11.6 Å². The highest BCUT2D eigenvalue weighted by Crippen LogP contribution is 2.50. The first-order chi connectivity index (χ1) is 17.4. The van der Waals surface area contributed by atoms with Crippen LogP contribution in [0.2, 0.25) is 0 Å². The minimum Gasteiger partial charge on any atom is -0.478 e. The van der Waals surface area contributed by atoms with Crippen LogP contribution in [0.5, 0.6) is 0 Å². The summed E-state index contributed by atoms with van der Waals surface area (Å²) in [5.74, 6) is -4.31. The molecule has 0 spiro atoms. The summed E-state index contributed by atoms with van der Waals surface area (Å²) in [7, 11) is 1.69. The zero-order valence-corrected chi connectivity index (χ0v) is 19.2. The molecule has 0 unspecified atom stereocenters. The summed E-state index contributed by atoms with van der Waals surface area (Å²) in [5, 5.41) is 17.1. The van der Waals surface area contributed by atoms with Gasteiger partial charge in [-0.3, -0.25) is 9.48 Å². The third-order valence-electron chi connectivity index (χ3n) is 6.61. The smallest absolute Gasteiger partial charge is 0.416 e. The van der Waals surface area contributed by atoms with Gasteiger partial charge in [-0.15, -0.1) is 0 Å². The van der Waals surface area contributed by atoms with E-state index in [9.17, 15) is 32.3 Å². The van der Waals surface area contributed by atoms with Crippen molar-refractivity contribution < 1.29 is 36.6 Å². The lowest BCUT2D eigenvalue weighted by molar-refractivity contribution is -0.137. The van der Waals surface area contributed by atoms with E-state index in [-0.39, 0.29) is 35.2 Å². The van der Waals surface area contributed by atoms with Gasteiger partial charge in [-0.2, -0.15) is 18.3 Å². The SMILES string of the molecule is Cn1ncc2ccc(-c3c(F)cc(NC(=O)C4(c5ccc(C(F)(F)F)cc5F)CC4)cc3C(=O)O)cc21. The van der Waals surface area contributed by atoms with Gasteiger partial charge in [0.1, 0.15) is 11.6 Å². The second kappa shape index (κ2) is 8.39. The fourth-order valence-corrected chi connectivity index (χ4v) is 4.51. The first-order valence-electron chi connectivity index (χ1n) is 11.1. The molecule has 1 heterocycles. The van der Waals surface area contributed by atoms with E-state index in [1.54, 1.807) is 36.1 Å². The van der Waals surface area contributed by atoms with Gasteiger partial charge in [-0.05, 0) is 48.7 Å². The van der Waals surface area contributed by atoms with Crippen LogP contribution in [0.4, 0.5) is 27.6 Å². The predicted octanol–water partition coefficient (Wildman–Crippen LogP) is 5.91. The Morgan fingerprint density at radius 3 is 2.38 bits per heavy atom. The monoisotopic (exact) mass is 515 g/mol. The number of anilines is 1. The quantitative estimate of drug-likeness (QED) is 0.324. The van der Waals surface area contributed by atoms with Crippen LogP contribution < -0.4 is 5.32 Å². The summed E-state index contributed by atoms with van der Waals surface area (Å²) in [5.41, 5.74) is -2.67. The largest absolute Gasteiger partial charge is 0.478 e. The van der Waals surface area contributed by atoms with Crippen LogP contribution in [0.1, 0.15) is 34.3 Å². The molecule has 0 bridgehead atoms. The molecule has 11 heteroatoms. The maximum Gasteiger partial charge on any atom is 0.416 e. The normalized spacial score (nSPS) is 14.5. The summed E-state index contributed by atoms with van der Waals surface area (Å²) in [4.78, 5) is 25.1. The first kappa shape index (κ1) is 24.4. The van der Waals surface area contributed by atoms with Crippen molar-refractivity contribution in [3.8, 4) is 11.1 Å². The number of aromatic carboxylic acids is 1. The molecule has 4 aromatic rings. The third-order valence-corrected chi connectivity index (χ3v) is 6.61. The zero-order valence-electron chi connectivity index (χ0n) is 19.2. The van der Waals surface area contributed by atoms with Crippen molar-refractivity contribution >= 4 is 28.5 Å². The Bertz CT molecular complexity index is 1590. The van der Waals surface area contributed by atoms with Gasteiger partial charge < -0.3 is 10.4 Å². The number of carboxylic acid groups (broad SMARTS) is 1. The number of nitrogens with one attached hydrogen (secondary N) is 1. The number of halogens is 5. The molecule has 1 aromatic heterocycles. The summed E-state index contributed by atoms with van der Waals surface area (Å²) in [6.07, 6.45) is -2.80. The highest BCUT2D eigenvalue weighted by molar-refractivity contribution is 6.04. The number of carboxylic acids is 1. The van der Waals surface area contributed by atoms with E-state index in [1.807, 2.05) is 0 Å². The van der Waals surface area contributed by atoms with Crippen LogP contribution in [-0.2, 0) is 23.4 Å². The molecular weight excluding hydrogens is 497 g/mol. The number of rotatable bonds is 5. The Balaban J connectivity index is 1.48. The van der Waals surface area contributed by atoms with Crippen molar-refractivity contribution in [2.45, 2.75) is 24.4 Å². The molecule has 2 N–H and O–H groups in total. The maximum atomic E-state index is 15.3. The number of fused-ring (bicyclic) bond motifs is 1. The number of hydrogen-bond donors (Lipinski definition) is 2. The molecular formula is C26H18F5N3O3. The third kappa shape index (κ3) is 4.20. The number of amides is 1. The zero-order chi connectivity index (χ0) is 26.7. The topological polar surface area (TPSA) is 84.2 Å². The predicted molar refractivity (Wildman–Crippen MR) is 124 cm³/mol. The number of carbonyl (C=O) groups excluding carboxylic acids is 1. The summed E-state index contributed by atoms with van der Waals surface area (Å²) in [6, 6.07) is 8.81. The van der Waals surface area contributed by atoms with Crippen molar-refractivity contribution in [3.05, 3.63) is 83.1 Å². The minimum atomic E-state index is -4.74. The molecule has 190 valence electrons. The van der Waals surface area contributed by atoms with Crippen molar-refractivity contribution in [1.82, 2.24) is 9.78 Å². The Labute approximate surface area is 206 Å². The highest BCUT2D eigenvalue weighted by Gasteiger charge is 2.53. The summed E-state index contributed by atoms with van der Waals surface area (Å²) >= 11 is 0. The van der Waals surface area contributed by atoms with Gasteiger partial charge in [-0.25, -0.2) is 13.6 Å². The lowest BCUT2D eigenvalue weighted by Gasteiger charge is -2.19. The number of carbonyl (C=O) groups is 2. The van der Waals surface area contributed by atoms with Gasteiger partial charge in [0.2, 0.25) is 5.91 Å². The van der Waals surface area contributed by atoms with Gasteiger partial charge >= 0.3 is 12.1 Å². The Kier molecular flexibility index (Phi) is 5.54. The molecule has 1 amide bonds. The van der Waals surface area contributed by atoms with Crippen LogP contribution >= 0.6 is 0 Å². The van der Waals surface area contributed by atoms with Crippen LogP contribution in [0.15, 0.2) is 54.7 Å². The molecule has 3 aromatic carbocycles. The van der Waals surface area contributed by atoms with Crippen LogP contribution in [0.3, 0.4) is 0 Å². The van der Waals surface area contributed by atoms with E-state index in [1.165, 1.54) is 0 Å². The van der Waals surface area contributed by atoms with Crippen molar-refractivity contribution in [1.29, 1.82) is 0 Å². The highest BCUT2D eigenvalue weighted by atomic mass is 19.4. The van der Waals surface area contributed by atoms with Gasteiger partial charge in [0.25, 0.3) is 0 Å². The minimum absolute atomic E-state index is 0.165. The number of alkyl halides is 3. The number of hydrogen-bond acceptors (Lipinski definition) is 3. The Morgan fingerprint density at radius 1 is 1.03 bits per heavy atom. The molecule has 1 aliphatic carbocycles. The lowest BCUT2D eigenvalue weighted by atomic mass is 9.92. The second-order valence-electron chi connectivity index (χ2n) is 8.96. The van der Waals surface area contributed by atoms with Crippen molar-refractivity contribution in [3.63, 3.8) is 0 Å². The van der Waals surface area contributed by atoms with Gasteiger partial charge in [0.15, 0.2) is 0 Å². The molecule has 0 radical (unpaired) electrons. The summed E-state index contributed by atoms with van der Waals surface area (Å²) in [6.45, 7) is 0. The van der Waals surface area contributed by atoms with E-state index < -0.39 is 46.2 Å². The number of aromatic nitrogens is 2. The van der Waals surface area contributed by atoms with E-state index >= 15 is 4.39 Å². The molecule has 5 rings (SSSR count). The number of nitrogens with zero attached hydrogens (tertiary/aromatic N) is 2. The standard InChI is InChI=1S/C26H18F5N3O3/c1-34-21-8-13(2-3-14(21)12-32-34)22-17(23(35)36)10-16(11-20(22)28)33-24(37)25(6-7-25)18-5-4-15(9-19(18)27)26(29,30)31/h2-5,8-12H,6-7H2,1H3,(H,33,37)(H,35,36). The second-order valence-corrected chi connectivity index (χ2v) is 8.96. The molecule has 0 aliphatic heterocycles. The fourth-order valence-electron chi connectivity index (χ4n) is 4.51. The van der Waals surface area contributed by atoms with E-state index in [2.05, 4.69) is 10.4 Å². The molecule has 1 saturated carbocycles. The molecule has 0 saturated heterocycles.